The van der Waals surface area contributed by atoms with Gasteiger partial charge in [0.05, 0.1) is 18.9 Å². The van der Waals surface area contributed by atoms with E-state index in [1.165, 1.54) is 24.3 Å². The molecule has 39 heavy (non-hydrogen) atoms. The normalized spacial score (nSPS) is 14.0. The van der Waals surface area contributed by atoms with Crippen LogP contribution in [0.4, 0.5) is 0 Å². The van der Waals surface area contributed by atoms with Gasteiger partial charge in [-0.3, -0.25) is 24.0 Å². The van der Waals surface area contributed by atoms with Crippen molar-refractivity contribution in [1.82, 2.24) is 31.2 Å². The fourth-order valence-electron chi connectivity index (χ4n) is 3.36. The lowest BCUT2D eigenvalue weighted by Crippen LogP contribution is -2.56. The molecular formula is C23H38N8O7S. The van der Waals surface area contributed by atoms with E-state index in [1.54, 1.807) is 13.8 Å². The average molecular weight is 571 g/mol. The Morgan fingerprint density at radius 3 is 2.23 bits per heavy atom. The molecule has 10 N–H and O–H groups in total. The molecule has 1 heterocycles. The SMILES string of the molecule is CSCC[C@H](NC(=O)[C@@H](NC(=O)CNC(=O)[C@H](CCC(N)=O)NC(=O)[C@@H](N)Cc1cnc[nH]1)C(C)C)C(=O)O. The summed E-state index contributed by atoms with van der Waals surface area (Å²) in [5.41, 5.74) is 11.7. The Morgan fingerprint density at radius 1 is 1.03 bits per heavy atom. The van der Waals surface area contributed by atoms with Crippen molar-refractivity contribution in [3.63, 3.8) is 0 Å². The van der Waals surface area contributed by atoms with Crippen LogP contribution in [0.5, 0.6) is 0 Å². The summed E-state index contributed by atoms with van der Waals surface area (Å²) in [6.45, 7) is 2.79. The highest BCUT2D eigenvalue weighted by molar-refractivity contribution is 7.98. The first-order chi connectivity index (χ1) is 18.3. The predicted octanol–water partition coefficient (Wildman–Crippen LogP) is -2.39. The van der Waals surface area contributed by atoms with E-state index in [-0.39, 0.29) is 25.7 Å². The van der Waals surface area contributed by atoms with E-state index in [0.29, 0.717) is 11.4 Å². The molecule has 1 rings (SSSR count). The molecule has 0 aliphatic carbocycles. The molecule has 0 saturated heterocycles. The zero-order chi connectivity index (χ0) is 29.5. The van der Waals surface area contributed by atoms with Gasteiger partial charge in [-0.25, -0.2) is 9.78 Å². The van der Waals surface area contributed by atoms with E-state index in [2.05, 4.69) is 31.2 Å². The maximum absolute atomic E-state index is 12.7. The molecule has 0 aromatic carbocycles. The highest BCUT2D eigenvalue weighted by Gasteiger charge is 2.29. The number of hydrogen-bond acceptors (Lipinski definition) is 9. The first-order valence-corrected chi connectivity index (χ1v) is 13.7. The van der Waals surface area contributed by atoms with Gasteiger partial charge in [-0.15, -0.1) is 0 Å². The lowest BCUT2D eigenvalue weighted by atomic mass is 10.0. The van der Waals surface area contributed by atoms with Crippen LogP contribution in [0.25, 0.3) is 0 Å². The van der Waals surface area contributed by atoms with Crippen molar-refractivity contribution in [3.8, 4) is 0 Å². The summed E-state index contributed by atoms with van der Waals surface area (Å²) in [5.74, 6) is -4.56. The fraction of sp³-hybridized carbons (Fsp3) is 0.609. The lowest BCUT2D eigenvalue weighted by Gasteiger charge is -2.24. The lowest BCUT2D eigenvalue weighted by molar-refractivity contribution is -0.142. The van der Waals surface area contributed by atoms with Gasteiger partial charge in [-0.2, -0.15) is 11.8 Å². The zero-order valence-corrected chi connectivity index (χ0v) is 23.0. The Balaban J connectivity index is 2.75. The highest BCUT2D eigenvalue weighted by Crippen LogP contribution is 2.06. The number of aromatic amines is 1. The van der Waals surface area contributed by atoms with Crippen LogP contribution >= 0.6 is 11.8 Å². The number of primary amides is 1. The quantitative estimate of drug-likeness (QED) is 0.0929. The predicted molar refractivity (Wildman–Crippen MR) is 143 cm³/mol. The van der Waals surface area contributed by atoms with Crippen LogP contribution in [-0.2, 0) is 35.2 Å². The van der Waals surface area contributed by atoms with Crippen molar-refractivity contribution in [2.45, 2.75) is 63.7 Å². The molecule has 4 atom stereocenters. The second-order valence-corrected chi connectivity index (χ2v) is 10.1. The minimum Gasteiger partial charge on any atom is -0.480 e. The van der Waals surface area contributed by atoms with E-state index >= 15 is 0 Å². The van der Waals surface area contributed by atoms with Crippen molar-refractivity contribution in [2.75, 3.05) is 18.6 Å². The van der Waals surface area contributed by atoms with Crippen LogP contribution in [0.2, 0.25) is 0 Å². The summed E-state index contributed by atoms with van der Waals surface area (Å²) in [6, 6.07) is -4.40. The first-order valence-electron chi connectivity index (χ1n) is 12.3. The van der Waals surface area contributed by atoms with Crippen LogP contribution in [0.15, 0.2) is 12.5 Å². The number of nitrogens with two attached hydrogens (primary N) is 2. The number of aliphatic carboxylic acids is 1. The number of carbonyl (C=O) groups excluding carboxylic acids is 5. The molecule has 0 aliphatic heterocycles. The number of imidazole rings is 1. The summed E-state index contributed by atoms with van der Waals surface area (Å²) in [5, 5.41) is 19.1. The maximum atomic E-state index is 12.7. The molecule has 5 amide bonds. The average Bonchev–Trinajstić information content (AvgIpc) is 3.38. The standard InChI is InChI=1S/C23H38N8O7S/c1-12(2)19(22(36)30-16(23(37)38)6-7-39-3)31-18(33)10-27-21(35)15(4-5-17(25)32)29-20(34)14(24)8-13-9-26-11-28-13/h9,11-12,14-16,19H,4-8,10,24H2,1-3H3,(H2,25,32)(H,26,28)(H,27,35)(H,29,34)(H,30,36)(H,31,33)(H,37,38)/t14-,15-,16-,19-/m0/s1. The summed E-state index contributed by atoms with van der Waals surface area (Å²) < 4.78 is 0. The van der Waals surface area contributed by atoms with E-state index in [9.17, 15) is 33.9 Å². The minimum atomic E-state index is -1.21. The molecule has 0 unspecified atom stereocenters. The van der Waals surface area contributed by atoms with Gasteiger partial charge in [0.25, 0.3) is 0 Å². The third-order valence-corrected chi connectivity index (χ3v) is 6.20. The molecule has 0 bridgehead atoms. The van der Waals surface area contributed by atoms with Crippen LogP contribution in [0.1, 0.15) is 38.8 Å². The number of thioether (sulfide) groups is 1. The van der Waals surface area contributed by atoms with Gasteiger partial charge in [0.15, 0.2) is 0 Å². The Bertz CT molecular complexity index is 989. The number of H-pyrrole nitrogens is 1. The van der Waals surface area contributed by atoms with Gasteiger partial charge in [-0.1, -0.05) is 13.8 Å². The van der Waals surface area contributed by atoms with Crippen LogP contribution < -0.4 is 32.7 Å². The number of nitrogens with zero attached hydrogens (tertiary/aromatic N) is 1. The van der Waals surface area contributed by atoms with Gasteiger partial charge < -0.3 is 42.8 Å². The first kappa shape index (κ1) is 33.4. The molecule has 0 saturated carbocycles. The van der Waals surface area contributed by atoms with Crippen molar-refractivity contribution in [3.05, 3.63) is 18.2 Å². The molecule has 16 heteroatoms. The van der Waals surface area contributed by atoms with Crippen LogP contribution in [0, 0.1) is 5.92 Å². The summed E-state index contributed by atoms with van der Waals surface area (Å²) in [6.07, 6.45) is 4.73. The van der Waals surface area contributed by atoms with Gasteiger partial charge in [-0.05, 0) is 30.8 Å². The van der Waals surface area contributed by atoms with Gasteiger partial charge >= 0.3 is 5.97 Å². The third kappa shape index (κ3) is 12.6. The third-order valence-electron chi connectivity index (χ3n) is 5.56. The van der Waals surface area contributed by atoms with Crippen molar-refractivity contribution < 1.29 is 33.9 Å². The Kier molecular flexibility index (Phi) is 14.6. The highest BCUT2D eigenvalue weighted by atomic mass is 32.2. The second-order valence-electron chi connectivity index (χ2n) is 9.14. The molecule has 0 fully saturated rings. The smallest absolute Gasteiger partial charge is 0.326 e. The molecule has 0 spiro atoms. The van der Waals surface area contributed by atoms with E-state index in [1.807, 2.05) is 6.26 Å². The van der Waals surface area contributed by atoms with Crippen molar-refractivity contribution >= 4 is 47.3 Å². The Morgan fingerprint density at radius 2 is 1.69 bits per heavy atom. The van der Waals surface area contributed by atoms with E-state index < -0.39 is 72.1 Å². The monoisotopic (exact) mass is 570 g/mol. The van der Waals surface area contributed by atoms with Crippen molar-refractivity contribution in [2.24, 2.45) is 17.4 Å². The summed E-state index contributed by atoms with van der Waals surface area (Å²) >= 11 is 1.43. The zero-order valence-electron chi connectivity index (χ0n) is 22.2. The summed E-state index contributed by atoms with van der Waals surface area (Å²) in [7, 11) is 0. The number of aromatic nitrogens is 2. The largest absolute Gasteiger partial charge is 0.480 e. The van der Waals surface area contributed by atoms with Gasteiger partial charge in [0.1, 0.15) is 18.1 Å². The number of carbonyl (C=O) groups is 6. The Hall–Kier alpha value is -3.66. The second kappa shape index (κ2) is 17.0. The topological polar surface area (TPSA) is 251 Å². The van der Waals surface area contributed by atoms with Crippen molar-refractivity contribution in [1.29, 1.82) is 0 Å². The molecule has 0 radical (unpaired) electrons. The van der Waals surface area contributed by atoms with Crippen LogP contribution in [-0.4, -0.2) is 93.3 Å². The van der Waals surface area contributed by atoms with Gasteiger partial charge in [0, 0.05) is 24.7 Å². The molecule has 15 nitrogen and oxygen atoms in total. The number of carboxylic acids is 1. The molecular weight excluding hydrogens is 532 g/mol. The summed E-state index contributed by atoms with van der Waals surface area (Å²) in [4.78, 5) is 79.9. The molecule has 1 aromatic heterocycles. The van der Waals surface area contributed by atoms with E-state index in [0.717, 1.165) is 0 Å². The number of nitrogens with one attached hydrogen (secondary N) is 5. The number of hydrogen-bond donors (Lipinski definition) is 8. The Labute approximate surface area is 230 Å². The molecule has 0 aliphatic rings. The maximum Gasteiger partial charge on any atom is 0.326 e. The van der Waals surface area contributed by atoms with Crippen LogP contribution in [0.3, 0.4) is 0 Å². The number of amides is 5. The minimum absolute atomic E-state index is 0.122. The number of carboxylic acid groups (broad SMARTS) is 1. The molecule has 1 aromatic rings. The van der Waals surface area contributed by atoms with E-state index in [4.69, 9.17) is 11.5 Å². The fourth-order valence-corrected chi connectivity index (χ4v) is 3.84. The van der Waals surface area contributed by atoms with Gasteiger partial charge in [0.2, 0.25) is 29.5 Å². The molecule has 218 valence electrons. The number of rotatable bonds is 18.